The summed E-state index contributed by atoms with van der Waals surface area (Å²) in [4.78, 5) is 19.8. The Balaban J connectivity index is 1.61. The molecule has 0 aliphatic rings. The molecule has 0 saturated heterocycles. The summed E-state index contributed by atoms with van der Waals surface area (Å²) in [5.41, 5.74) is 2.68. The molecule has 9 heteroatoms. The molecule has 0 atom stereocenters. The van der Waals surface area contributed by atoms with Gasteiger partial charge < -0.3 is 10.1 Å². The average Bonchev–Trinajstić information content (AvgIpc) is 2.80. The third-order valence-corrected chi connectivity index (χ3v) is 6.21. The van der Waals surface area contributed by atoms with Crippen molar-refractivity contribution in [3.8, 4) is 11.8 Å². The second-order valence-corrected chi connectivity index (χ2v) is 9.04. The van der Waals surface area contributed by atoms with Crippen LogP contribution in [0.3, 0.4) is 0 Å². The molecule has 0 aliphatic carbocycles. The van der Waals surface area contributed by atoms with Gasteiger partial charge in [0.25, 0.3) is 0 Å². The molecule has 0 fully saturated rings. The van der Waals surface area contributed by atoms with E-state index in [1.54, 1.807) is 29.7 Å². The zero-order chi connectivity index (χ0) is 22.3. The summed E-state index contributed by atoms with van der Waals surface area (Å²) >= 11 is 3.21. The largest absolute Gasteiger partial charge is 0.479 e. The molecule has 2 aromatic heterocycles. The Kier molecular flexibility index (Phi) is 7.04. The fraction of sp³-hybridized carbons (Fsp3) is 0.174. The number of anilines is 2. The summed E-state index contributed by atoms with van der Waals surface area (Å²) in [6, 6.07) is 15.9. The first kappa shape index (κ1) is 21.9. The van der Waals surface area contributed by atoms with Gasteiger partial charge in [-0.1, -0.05) is 36.5 Å². The molecule has 4 rings (SSSR count). The number of nitrogens with zero attached hydrogens (tertiary/aromatic N) is 5. The van der Waals surface area contributed by atoms with E-state index in [9.17, 15) is 0 Å². The number of aromatic nitrogens is 4. The molecule has 0 saturated carbocycles. The molecule has 0 amide bonds. The third kappa shape index (κ3) is 5.28. The maximum Gasteiger partial charge on any atom is 0.189 e. The van der Waals surface area contributed by atoms with E-state index in [0.29, 0.717) is 22.4 Å². The Morgan fingerprint density at radius 1 is 1.09 bits per heavy atom. The number of hydrogen-bond donors (Lipinski definition) is 1. The molecule has 1 N–H and O–H groups in total. The van der Waals surface area contributed by atoms with E-state index in [0.717, 1.165) is 32.2 Å². The molecule has 2 aromatic carbocycles. The van der Waals surface area contributed by atoms with Crippen molar-refractivity contribution in [1.29, 1.82) is 5.26 Å². The Labute approximate surface area is 194 Å². The van der Waals surface area contributed by atoms with E-state index in [-0.39, 0.29) is 6.61 Å². The quantitative estimate of drug-likeness (QED) is 0.265. The summed E-state index contributed by atoms with van der Waals surface area (Å²) in [6.45, 7) is 4.15. The van der Waals surface area contributed by atoms with Gasteiger partial charge in [-0.2, -0.15) is 5.26 Å². The number of ether oxygens (including phenoxy) is 1. The smallest absolute Gasteiger partial charge is 0.189 e. The number of aryl methyl sites for hydroxylation is 1. The van der Waals surface area contributed by atoms with Crippen molar-refractivity contribution < 1.29 is 4.74 Å². The number of nitriles is 1. The summed E-state index contributed by atoms with van der Waals surface area (Å²) in [6.07, 6.45) is 3.28. The molecule has 32 heavy (non-hydrogen) atoms. The van der Waals surface area contributed by atoms with Crippen LogP contribution in [0.2, 0.25) is 0 Å². The number of hydrogen-bond acceptors (Lipinski definition) is 9. The van der Waals surface area contributed by atoms with Crippen LogP contribution >= 0.6 is 23.5 Å². The lowest BCUT2D eigenvalue weighted by Gasteiger charge is -2.14. The molecule has 0 aliphatic heterocycles. The number of benzene rings is 2. The lowest BCUT2D eigenvalue weighted by molar-refractivity contribution is 0.368. The molecule has 7 nitrogen and oxygen atoms in total. The molecule has 0 radical (unpaired) electrons. The molecular formula is C23H20N6OS2. The van der Waals surface area contributed by atoms with Crippen molar-refractivity contribution in [1.82, 2.24) is 19.9 Å². The topological polar surface area (TPSA) is 96.6 Å². The maximum absolute atomic E-state index is 8.65. The fourth-order valence-corrected chi connectivity index (χ4v) is 4.35. The first-order valence-corrected chi connectivity index (χ1v) is 11.7. The van der Waals surface area contributed by atoms with Crippen LogP contribution in [0.15, 0.2) is 69.9 Å². The van der Waals surface area contributed by atoms with Crippen molar-refractivity contribution >= 4 is 46.1 Å². The van der Waals surface area contributed by atoms with Crippen molar-refractivity contribution in [2.24, 2.45) is 0 Å². The van der Waals surface area contributed by atoms with Gasteiger partial charge in [0, 0.05) is 16.0 Å². The summed E-state index contributed by atoms with van der Waals surface area (Å²) in [5.74, 6) is 2.23. The second-order valence-electron chi connectivity index (χ2n) is 6.69. The minimum Gasteiger partial charge on any atom is -0.479 e. The van der Waals surface area contributed by atoms with Gasteiger partial charge in [0.05, 0.1) is 11.1 Å². The lowest BCUT2D eigenvalue weighted by Crippen LogP contribution is -2.00. The number of nitrogens with one attached hydrogen (secondary N) is 1. The van der Waals surface area contributed by atoms with Gasteiger partial charge in [0.15, 0.2) is 17.4 Å². The number of rotatable bonds is 8. The van der Waals surface area contributed by atoms with E-state index < -0.39 is 0 Å². The monoisotopic (exact) mass is 460 g/mol. The first-order chi connectivity index (χ1) is 15.7. The molecule has 160 valence electrons. The minimum absolute atomic E-state index is 0.0355. The highest BCUT2D eigenvalue weighted by Gasteiger charge is 2.11. The zero-order valence-corrected chi connectivity index (χ0v) is 19.2. The van der Waals surface area contributed by atoms with E-state index in [4.69, 9.17) is 10.00 Å². The van der Waals surface area contributed by atoms with Crippen LogP contribution in [0.4, 0.5) is 11.5 Å². The standard InChI is InChI=1S/C23H20N6OS2/c1-3-31-23-25-13-18-21(26-14-27-22(18)29-23)28-19-12-15(2)4-9-20(19)32-17-7-5-16(6-8-17)30-11-10-24/h4-9,12-14H,3,11H2,1-2H3,(H,25,26,27,28,29). The second kappa shape index (κ2) is 10.3. The van der Waals surface area contributed by atoms with Gasteiger partial charge in [-0.05, 0) is 54.6 Å². The highest BCUT2D eigenvalue weighted by molar-refractivity contribution is 7.99. The molecule has 0 bridgehead atoms. The van der Waals surface area contributed by atoms with Crippen LogP contribution < -0.4 is 10.1 Å². The minimum atomic E-state index is 0.0355. The highest BCUT2D eigenvalue weighted by Crippen LogP contribution is 2.36. The lowest BCUT2D eigenvalue weighted by atomic mass is 10.2. The van der Waals surface area contributed by atoms with Gasteiger partial charge >= 0.3 is 0 Å². The van der Waals surface area contributed by atoms with Crippen molar-refractivity contribution in [3.63, 3.8) is 0 Å². The van der Waals surface area contributed by atoms with E-state index in [1.807, 2.05) is 30.3 Å². The molecule has 2 heterocycles. The van der Waals surface area contributed by atoms with Crippen molar-refractivity contribution in [2.45, 2.75) is 28.8 Å². The summed E-state index contributed by atoms with van der Waals surface area (Å²) in [5, 5.41) is 13.6. The van der Waals surface area contributed by atoms with Gasteiger partial charge in [0.1, 0.15) is 24.0 Å². The first-order valence-electron chi connectivity index (χ1n) is 9.92. The Morgan fingerprint density at radius 2 is 1.94 bits per heavy atom. The Bertz CT molecular complexity index is 1270. The molecule has 4 aromatic rings. The van der Waals surface area contributed by atoms with E-state index in [2.05, 4.69) is 57.3 Å². The van der Waals surface area contributed by atoms with Crippen LogP contribution in [-0.2, 0) is 0 Å². The van der Waals surface area contributed by atoms with Gasteiger partial charge in [-0.25, -0.2) is 19.9 Å². The Hall–Kier alpha value is -3.35. The number of thioether (sulfide) groups is 1. The summed E-state index contributed by atoms with van der Waals surface area (Å²) in [7, 11) is 0. The molecule has 0 unspecified atom stereocenters. The van der Waals surface area contributed by atoms with Crippen molar-refractivity contribution in [2.75, 3.05) is 17.7 Å². The van der Waals surface area contributed by atoms with Gasteiger partial charge in [0.2, 0.25) is 0 Å². The van der Waals surface area contributed by atoms with Crippen LogP contribution in [-0.4, -0.2) is 32.3 Å². The van der Waals surface area contributed by atoms with E-state index >= 15 is 0 Å². The normalized spacial score (nSPS) is 10.7. The van der Waals surface area contributed by atoms with Gasteiger partial charge in [-0.15, -0.1) is 0 Å². The summed E-state index contributed by atoms with van der Waals surface area (Å²) < 4.78 is 5.33. The fourth-order valence-electron chi connectivity index (χ4n) is 2.94. The molecule has 0 spiro atoms. The maximum atomic E-state index is 8.65. The van der Waals surface area contributed by atoms with Crippen molar-refractivity contribution in [3.05, 3.63) is 60.6 Å². The number of fused-ring (bicyclic) bond motifs is 1. The predicted octanol–water partition coefficient (Wildman–Crippen LogP) is 5.64. The van der Waals surface area contributed by atoms with Gasteiger partial charge in [-0.3, -0.25) is 0 Å². The van der Waals surface area contributed by atoms with Crippen LogP contribution in [0.25, 0.3) is 11.0 Å². The SMILES string of the molecule is CCSc1ncc2c(Nc3cc(C)ccc3Sc3ccc(OCC#N)cc3)ncnc2n1. The Morgan fingerprint density at radius 3 is 2.72 bits per heavy atom. The van der Waals surface area contributed by atoms with E-state index in [1.165, 1.54) is 6.33 Å². The van der Waals surface area contributed by atoms with Crippen LogP contribution in [0, 0.1) is 18.3 Å². The molecular weight excluding hydrogens is 440 g/mol. The third-order valence-electron chi connectivity index (χ3n) is 4.39. The predicted molar refractivity (Wildman–Crippen MR) is 128 cm³/mol. The van der Waals surface area contributed by atoms with Crippen LogP contribution in [0.5, 0.6) is 5.75 Å². The average molecular weight is 461 g/mol. The zero-order valence-electron chi connectivity index (χ0n) is 17.6. The highest BCUT2D eigenvalue weighted by atomic mass is 32.2. The van der Waals surface area contributed by atoms with Crippen LogP contribution in [0.1, 0.15) is 12.5 Å².